The van der Waals surface area contributed by atoms with E-state index in [-0.39, 0.29) is 12.7 Å². The Labute approximate surface area is 63.0 Å². The Hall–Kier alpha value is -0.0151. The normalized spacial score (nSPS) is 34.5. The second-order valence-corrected chi connectivity index (χ2v) is 3.11. The molecule has 0 aromatic carbocycles. The number of rotatable bonds is 1. The fraction of sp³-hybridized carbons (Fsp3) is 1.00. The van der Waals surface area contributed by atoms with E-state index in [1.807, 2.05) is 6.82 Å². The maximum Gasteiger partial charge on any atom is 0.453 e. The van der Waals surface area contributed by atoms with Crippen LogP contribution in [0.1, 0.15) is 26.7 Å². The predicted octanol–water partition coefficient (Wildman–Crippen LogP) is 1.71. The molecule has 0 amide bonds. The first kappa shape index (κ1) is 8.09. The minimum atomic E-state index is -0.0151. The first-order valence-corrected chi connectivity index (χ1v) is 3.96. The van der Waals surface area contributed by atoms with E-state index in [0.717, 1.165) is 19.4 Å². The van der Waals surface area contributed by atoms with Crippen molar-refractivity contribution in [1.29, 1.82) is 0 Å². The summed E-state index contributed by atoms with van der Waals surface area (Å²) in [7, 11) is -0.0151. The van der Waals surface area contributed by atoms with Crippen LogP contribution in [-0.2, 0) is 9.31 Å². The topological polar surface area (TPSA) is 18.5 Å². The van der Waals surface area contributed by atoms with Gasteiger partial charge in [-0.1, -0.05) is 6.92 Å². The van der Waals surface area contributed by atoms with Gasteiger partial charge in [-0.15, -0.1) is 0 Å². The van der Waals surface area contributed by atoms with Crippen LogP contribution in [0.25, 0.3) is 0 Å². The van der Waals surface area contributed by atoms with E-state index in [1.165, 1.54) is 0 Å². The Morgan fingerprint density at radius 2 is 2.30 bits per heavy atom. The highest BCUT2D eigenvalue weighted by Crippen LogP contribution is 2.24. The third kappa shape index (κ3) is 1.73. The van der Waals surface area contributed by atoms with Crippen LogP contribution in [0.4, 0.5) is 0 Å². The van der Waals surface area contributed by atoms with Crippen molar-refractivity contribution in [2.24, 2.45) is 0 Å². The van der Waals surface area contributed by atoms with E-state index in [2.05, 4.69) is 13.8 Å². The van der Waals surface area contributed by atoms with Crippen LogP contribution >= 0.6 is 0 Å². The van der Waals surface area contributed by atoms with Gasteiger partial charge in [0.2, 0.25) is 0 Å². The standard InChI is InChI=1S/C7H15BO2/c1-4-7(2)5-6-9-8(3)10-7/h4-6H2,1-3H3. The van der Waals surface area contributed by atoms with Gasteiger partial charge in [0.15, 0.2) is 0 Å². The molecular formula is C7H15BO2. The lowest BCUT2D eigenvalue weighted by Gasteiger charge is -2.35. The van der Waals surface area contributed by atoms with Crippen molar-refractivity contribution >= 4 is 7.12 Å². The largest absolute Gasteiger partial charge is 0.453 e. The summed E-state index contributed by atoms with van der Waals surface area (Å²) < 4.78 is 10.9. The third-order valence-electron chi connectivity index (χ3n) is 2.18. The van der Waals surface area contributed by atoms with E-state index in [9.17, 15) is 0 Å². The van der Waals surface area contributed by atoms with Crippen LogP contribution in [0.15, 0.2) is 0 Å². The lowest BCUT2D eigenvalue weighted by atomic mass is 9.86. The van der Waals surface area contributed by atoms with Gasteiger partial charge in [-0.25, -0.2) is 0 Å². The minimum absolute atomic E-state index is 0.0151. The summed E-state index contributed by atoms with van der Waals surface area (Å²) in [5.74, 6) is 0. The van der Waals surface area contributed by atoms with Crippen LogP contribution in [-0.4, -0.2) is 19.3 Å². The molecule has 1 aliphatic heterocycles. The Kier molecular flexibility index (Phi) is 2.37. The number of hydrogen-bond donors (Lipinski definition) is 0. The van der Waals surface area contributed by atoms with Gasteiger partial charge in [0, 0.05) is 6.61 Å². The molecule has 1 heterocycles. The SMILES string of the molecule is CCC1(C)CCOB(C)O1. The maximum atomic E-state index is 5.60. The van der Waals surface area contributed by atoms with Gasteiger partial charge < -0.3 is 9.31 Å². The second-order valence-electron chi connectivity index (χ2n) is 3.11. The van der Waals surface area contributed by atoms with Gasteiger partial charge in [0.05, 0.1) is 5.60 Å². The van der Waals surface area contributed by atoms with Crippen molar-refractivity contribution in [2.45, 2.75) is 39.1 Å². The molecule has 1 unspecified atom stereocenters. The Balaban J connectivity index is 2.45. The summed E-state index contributed by atoms with van der Waals surface area (Å²) in [4.78, 5) is 0. The molecule has 0 bridgehead atoms. The van der Waals surface area contributed by atoms with Crippen molar-refractivity contribution in [2.75, 3.05) is 6.61 Å². The van der Waals surface area contributed by atoms with E-state index in [0.29, 0.717) is 0 Å². The average Bonchev–Trinajstić information content (AvgIpc) is 1.88. The van der Waals surface area contributed by atoms with Crippen LogP contribution in [0.5, 0.6) is 0 Å². The molecule has 3 heteroatoms. The van der Waals surface area contributed by atoms with Crippen molar-refractivity contribution in [1.82, 2.24) is 0 Å². The van der Waals surface area contributed by atoms with E-state index in [1.54, 1.807) is 0 Å². The molecular weight excluding hydrogens is 127 g/mol. The molecule has 0 spiro atoms. The molecule has 0 aromatic heterocycles. The zero-order valence-electron chi connectivity index (χ0n) is 7.02. The highest BCUT2D eigenvalue weighted by Gasteiger charge is 2.31. The van der Waals surface area contributed by atoms with Gasteiger partial charge in [-0.2, -0.15) is 0 Å². The highest BCUT2D eigenvalue weighted by atomic mass is 16.6. The fourth-order valence-electron chi connectivity index (χ4n) is 1.19. The number of hydrogen-bond acceptors (Lipinski definition) is 2. The summed E-state index contributed by atoms with van der Waals surface area (Å²) in [6, 6.07) is 0. The van der Waals surface area contributed by atoms with Crippen LogP contribution in [0.2, 0.25) is 6.82 Å². The molecule has 1 rings (SSSR count). The molecule has 1 atom stereocenters. The van der Waals surface area contributed by atoms with Gasteiger partial charge in [-0.3, -0.25) is 0 Å². The Morgan fingerprint density at radius 1 is 1.60 bits per heavy atom. The summed E-state index contributed by atoms with van der Waals surface area (Å²) in [5.41, 5.74) is 0.0671. The van der Waals surface area contributed by atoms with Crippen LogP contribution in [0, 0.1) is 0 Å². The smallest absolute Gasteiger partial charge is 0.411 e. The van der Waals surface area contributed by atoms with Crippen LogP contribution < -0.4 is 0 Å². The zero-order chi connectivity index (χ0) is 7.61. The van der Waals surface area contributed by atoms with Crippen molar-refractivity contribution in [3.8, 4) is 0 Å². The minimum Gasteiger partial charge on any atom is -0.411 e. The predicted molar refractivity (Wildman–Crippen MR) is 42.0 cm³/mol. The lowest BCUT2D eigenvalue weighted by molar-refractivity contribution is -0.00896. The molecule has 2 nitrogen and oxygen atoms in total. The average molecular weight is 142 g/mol. The molecule has 1 fully saturated rings. The van der Waals surface area contributed by atoms with Crippen molar-refractivity contribution in [3.05, 3.63) is 0 Å². The molecule has 0 N–H and O–H groups in total. The van der Waals surface area contributed by atoms with E-state index < -0.39 is 0 Å². The molecule has 0 aliphatic carbocycles. The van der Waals surface area contributed by atoms with Gasteiger partial charge in [-0.05, 0) is 26.6 Å². The second kappa shape index (κ2) is 2.93. The van der Waals surface area contributed by atoms with Gasteiger partial charge in [0.25, 0.3) is 0 Å². The van der Waals surface area contributed by atoms with Gasteiger partial charge >= 0.3 is 7.12 Å². The molecule has 0 saturated carbocycles. The Bertz CT molecular complexity index is 118. The molecule has 0 radical (unpaired) electrons. The molecule has 0 aromatic rings. The van der Waals surface area contributed by atoms with Crippen molar-refractivity contribution in [3.63, 3.8) is 0 Å². The van der Waals surface area contributed by atoms with Crippen molar-refractivity contribution < 1.29 is 9.31 Å². The highest BCUT2D eigenvalue weighted by molar-refractivity contribution is 6.42. The summed E-state index contributed by atoms with van der Waals surface area (Å²) in [5, 5.41) is 0. The van der Waals surface area contributed by atoms with Crippen LogP contribution in [0.3, 0.4) is 0 Å². The summed E-state index contributed by atoms with van der Waals surface area (Å²) in [6.07, 6.45) is 2.09. The monoisotopic (exact) mass is 142 g/mol. The fourth-order valence-corrected chi connectivity index (χ4v) is 1.19. The van der Waals surface area contributed by atoms with E-state index in [4.69, 9.17) is 9.31 Å². The third-order valence-corrected chi connectivity index (χ3v) is 2.18. The lowest BCUT2D eigenvalue weighted by Crippen LogP contribution is -2.42. The van der Waals surface area contributed by atoms with Gasteiger partial charge in [0.1, 0.15) is 0 Å². The summed E-state index contributed by atoms with van der Waals surface area (Å²) >= 11 is 0. The Morgan fingerprint density at radius 3 is 2.70 bits per heavy atom. The maximum absolute atomic E-state index is 5.60. The quantitative estimate of drug-likeness (QED) is 0.519. The zero-order valence-corrected chi connectivity index (χ0v) is 7.02. The van der Waals surface area contributed by atoms with E-state index >= 15 is 0 Å². The molecule has 58 valence electrons. The first-order chi connectivity index (χ1) is 4.66. The molecule has 1 aliphatic rings. The molecule has 1 saturated heterocycles. The molecule has 10 heavy (non-hydrogen) atoms. The summed E-state index contributed by atoms with van der Waals surface area (Å²) in [6.45, 7) is 7.09. The first-order valence-electron chi connectivity index (χ1n) is 3.96.